The van der Waals surface area contributed by atoms with E-state index < -0.39 is 17.4 Å². The summed E-state index contributed by atoms with van der Waals surface area (Å²) in [7, 11) is 1.68. The van der Waals surface area contributed by atoms with E-state index in [0.29, 0.717) is 71.3 Å². The Morgan fingerprint density at radius 1 is 1.12 bits per heavy atom. The molecule has 0 unspecified atom stereocenters. The number of rotatable bonds is 6. The van der Waals surface area contributed by atoms with Crippen molar-refractivity contribution in [2.24, 2.45) is 7.05 Å². The van der Waals surface area contributed by atoms with Gasteiger partial charge in [-0.25, -0.2) is 19.2 Å². The predicted octanol–water partition coefficient (Wildman–Crippen LogP) is 3.89. The molecule has 0 radical (unpaired) electrons. The third kappa shape index (κ3) is 6.23. The highest BCUT2D eigenvalue weighted by Gasteiger charge is 2.48. The normalized spacial score (nSPS) is 17.0. The largest absolute Gasteiger partial charge is 0.444 e. The van der Waals surface area contributed by atoms with Crippen LogP contribution in [-0.4, -0.2) is 74.4 Å². The minimum absolute atomic E-state index is 0.00190. The first-order chi connectivity index (χ1) is 20.3. The molecule has 2 aromatic heterocycles. The molecule has 2 amide bonds. The lowest BCUT2D eigenvalue weighted by atomic mass is 9.86. The maximum Gasteiger partial charge on any atom is 0.410 e. The molecule has 0 aliphatic carbocycles. The molecule has 1 N–H and O–H groups in total. The van der Waals surface area contributed by atoms with Crippen molar-refractivity contribution in [3.05, 3.63) is 63.2 Å². The van der Waals surface area contributed by atoms with Gasteiger partial charge in [-0.3, -0.25) is 19.0 Å². The van der Waals surface area contributed by atoms with Gasteiger partial charge in [0.15, 0.2) is 5.67 Å². The third-order valence-electron chi connectivity index (χ3n) is 8.08. The van der Waals surface area contributed by atoms with E-state index in [0.717, 1.165) is 0 Å². The van der Waals surface area contributed by atoms with Crippen LogP contribution >= 0.6 is 0 Å². The van der Waals surface area contributed by atoms with Gasteiger partial charge in [-0.15, -0.1) is 0 Å². The molecule has 43 heavy (non-hydrogen) atoms. The molecule has 1 aromatic carbocycles. The number of piperidine rings is 1. The minimum Gasteiger partial charge on any atom is -0.444 e. The smallest absolute Gasteiger partial charge is 0.410 e. The van der Waals surface area contributed by atoms with Crippen LogP contribution in [0.15, 0.2) is 35.4 Å². The number of aromatic nitrogens is 3. The second-order valence-electron chi connectivity index (χ2n) is 12.4. The highest BCUT2D eigenvalue weighted by molar-refractivity contribution is 5.87. The number of fused-ring (bicyclic) bond motifs is 1. The van der Waals surface area contributed by atoms with Gasteiger partial charge in [-0.05, 0) is 68.9 Å². The molecular weight excluding hydrogens is 555 g/mol. The van der Waals surface area contributed by atoms with Crippen molar-refractivity contribution in [2.75, 3.05) is 31.5 Å². The highest BCUT2D eigenvalue weighted by Crippen LogP contribution is 2.38. The SMILES string of the molecule is CC(=O)N1CCC(c2cc3c(NCc4cc(C=O)cc(C5(F)CN(C(=O)OC(C)(C)C)C5)c4)ncnc3n(C)c2=O)CC1. The standard InChI is InChI=1S/C31H37FN6O5/c1-19(40)37-8-6-22(7-9-37)24-13-25-26(34-18-35-27(25)36(5)28(24)41)33-14-20-10-21(15-39)12-23(11-20)31(32)16-38(17-31)29(42)43-30(2,3)4/h10-13,15,18,22H,6-9,14,16-17H2,1-5H3,(H,33,34,35). The number of pyridine rings is 1. The lowest BCUT2D eigenvalue weighted by Crippen LogP contribution is -2.59. The summed E-state index contributed by atoms with van der Waals surface area (Å²) in [5, 5.41) is 3.94. The number of benzene rings is 1. The topological polar surface area (TPSA) is 127 Å². The maximum absolute atomic E-state index is 15.9. The number of hydrogen-bond acceptors (Lipinski definition) is 8. The summed E-state index contributed by atoms with van der Waals surface area (Å²) in [5.74, 6) is 0.528. The van der Waals surface area contributed by atoms with Gasteiger partial charge in [0.05, 0.1) is 18.5 Å². The maximum atomic E-state index is 15.9. The number of halogens is 1. The van der Waals surface area contributed by atoms with Crippen molar-refractivity contribution in [1.29, 1.82) is 0 Å². The third-order valence-corrected chi connectivity index (χ3v) is 8.08. The van der Waals surface area contributed by atoms with Gasteiger partial charge < -0.3 is 19.9 Å². The number of likely N-dealkylation sites (tertiary alicyclic amines) is 2. The van der Waals surface area contributed by atoms with Crippen LogP contribution in [-0.2, 0) is 28.8 Å². The lowest BCUT2D eigenvalue weighted by Gasteiger charge is -2.44. The van der Waals surface area contributed by atoms with E-state index in [2.05, 4.69) is 15.3 Å². The van der Waals surface area contributed by atoms with Crippen LogP contribution in [0.25, 0.3) is 11.0 Å². The van der Waals surface area contributed by atoms with Gasteiger partial charge in [-0.2, -0.15) is 0 Å². The van der Waals surface area contributed by atoms with Crippen molar-refractivity contribution in [3.8, 4) is 0 Å². The summed E-state index contributed by atoms with van der Waals surface area (Å²) in [6, 6.07) is 6.68. The minimum atomic E-state index is -1.81. The lowest BCUT2D eigenvalue weighted by molar-refractivity contribution is -0.129. The first-order valence-corrected chi connectivity index (χ1v) is 14.4. The van der Waals surface area contributed by atoms with E-state index in [1.54, 1.807) is 51.8 Å². The Morgan fingerprint density at radius 3 is 2.44 bits per heavy atom. The first kappa shape index (κ1) is 30.1. The van der Waals surface area contributed by atoms with E-state index in [-0.39, 0.29) is 37.0 Å². The zero-order valence-corrected chi connectivity index (χ0v) is 25.1. The average molecular weight is 593 g/mol. The Labute approximate surface area is 249 Å². The predicted molar refractivity (Wildman–Crippen MR) is 159 cm³/mol. The summed E-state index contributed by atoms with van der Waals surface area (Å²) < 4.78 is 22.7. The second kappa shape index (κ2) is 11.4. The van der Waals surface area contributed by atoms with Crippen molar-refractivity contribution in [1.82, 2.24) is 24.3 Å². The van der Waals surface area contributed by atoms with Crippen molar-refractivity contribution >= 4 is 35.1 Å². The van der Waals surface area contributed by atoms with Crippen LogP contribution in [0, 0.1) is 0 Å². The van der Waals surface area contributed by atoms with E-state index in [9.17, 15) is 19.2 Å². The molecule has 5 rings (SSSR count). The molecule has 0 atom stereocenters. The fraction of sp³-hybridized carbons (Fsp3) is 0.484. The Bertz CT molecular complexity index is 1630. The van der Waals surface area contributed by atoms with Crippen molar-refractivity contribution < 1.29 is 23.5 Å². The molecule has 11 nitrogen and oxygen atoms in total. The van der Waals surface area contributed by atoms with Crippen LogP contribution in [0.3, 0.4) is 0 Å². The number of nitrogens with zero attached hydrogens (tertiary/aromatic N) is 5. The van der Waals surface area contributed by atoms with Gasteiger partial charge >= 0.3 is 6.09 Å². The Kier molecular flexibility index (Phi) is 7.97. The van der Waals surface area contributed by atoms with Crippen LogP contribution in [0.1, 0.15) is 73.5 Å². The summed E-state index contributed by atoms with van der Waals surface area (Å²) in [5.41, 5.74) is -0.227. The summed E-state index contributed by atoms with van der Waals surface area (Å²) in [4.78, 5) is 61.0. The summed E-state index contributed by atoms with van der Waals surface area (Å²) in [6.07, 6.45) is 2.84. The number of anilines is 1. The number of carbonyl (C=O) groups is 3. The number of carbonyl (C=O) groups excluding carboxylic acids is 3. The summed E-state index contributed by atoms with van der Waals surface area (Å²) in [6.45, 7) is 7.88. The number of hydrogen-bond donors (Lipinski definition) is 1. The van der Waals surface area contributed by atoms with E-state index in [4.69, 9.17) is 4.74 Å². The van der Waals surface area contributed by atoms with E-state index in [1.807, 2.05) is 6.07 Å². The number of alkyl halides is 1. The fourth-order valence-corrected chi connectivity index (χ4v) is 5.76. The van der Waals surface area contributed by atoms with Gasteiger partial charge in [0, 0.05) is 44.7 Å². The summed E-state index contributed by atoms with van der Waals surface area (Å²) >= 11 is 0. The van der Waals surface area contributed by atoms with Crippen LogP contribution in [0.2, 0.25) is 0 Å². The molecule has 12 heteroatoms. The molecule has 2 fully saturated rings. The van der Waals surface area contributed by atoms with Gasteiger partial charge in [-0.1, -0.05) is 6.07 Å². The molecule has 2 aliphatic heterocycles. The average Bonchev–Trinajstić information content (AvgIpc) is 2.95. The number of ether oxygens (including phenoxy) is 1. The van der Waals surface area contributed by atoms with Crippen LogP contribution < -0.4 is 10.9 Å². The van der Waals surface area contributed by atoms with Crippen LogP contribution in [0.4, 0.5) is 15.0 Å². The number of aldehydes is 1. The monoisotopic (exact) mass is 592 g/mol. The fourth-order valence-electron chi connectivity index (χ4n) is 5.76. The first-order valence-electron chi connectivity index (χ1n) is 14.4. The van der Waals surface area contributed by atoms with Gasteiger partial charge in [0.1, 0.15) is 29.7 Å². The van der Waals surface area contributed by atoms with E-state index >= 15 is 4.39 Å². The van der Waals surface area contributed by atoms with Crippen LogP contribution in [0.5, 0.6) is 0 Å². The van der Waals surface area contributed by atoms with Crippen molar-refractivity contribution in [3.63, 3.8) is 0 Å². The van der Waals surface area contributed by atoms with E-state index in [1.165, 1.54) is 21.9 Å². The molecule has 0 saturated carbocycles. The molecule has 2 saturated heterocycles. The Morgan fingerprint density at radius 2 is 1.81 bits per heavy atom. The number of nitrogens with one attached hydrogen (secondary N) is 1. The molecule has 228 valence electrons. The molecular formula is C31H37FN6O5. The van der Waals surface area contributed by atoms with Gasteiger partial charge in [0.2, 0.25) is 5.91 Å². The Balaban J connectivity index is 1.37. The number of amides is 2. The quantitative estimate of drug-likeness (QED) is 0.427. The molecule has 0 bridgehead atoms. The zero-order valence-electron chi connectivity index (χ0n) is 25.1. The molecule has 4 heterocycles. The highest BCUT2D eigenvalue weighted by atomic mass is 19.1. The molecule has 2 aliphatic rings. The van der Waals surface area contributed by atoms with Gasteiger partial charge in [0.25, 0.3) is 5.56 Å². The zero-order chi connectivity index (χ0) is 31.1. The van der Waals surface area contributed by atoms with Crippen molar-refractivity contribution in [2.45, 2.75) is 64.3 Å². The second-order valence-corrected chi connectivity index (χ2v) is 12.4. The number of aryl methyl sites for hydroxylation is 1. The Hall–Kier alpha value is -4.35. The molecule has 0 spiro atoms. The molecule has 3 aromatic rings.